The number of aromatic nitrogens is 4. The van der Waals surface area contributed by atoms with Crippen molar-refractivity contribution in [3.63, 3.8) is 0 Å². The van der Waals surface area contributed by atoms with Crippen LogP contribution in [0.5, 0.6) is 0 Å². The number of aryl methyl sites for hydroxylation is 1. The van der Waals surface area contributed by atoms with Crippen molar-refractivity contribution in [2.75, 3.05) is 5.75 Å². The summed E-state index contributed by atoms with van der Waals surface area (Å²) in [6, 6.07) is 6.30. The number of rotatable bonds is 4. The minimum atomic E-state index is -0.255. The topological polar surface area (TPSA) is 65.2 Å². The van der Waals surface area contributed by atoms with Crippen LogP contribution in [0.25, 0.3) is 11.0 Å². The van der Waals surface area contributed by atoms with E-state index in [0.717, 1.165) is 33.1 Å². The first-order valence-corrected chi connectivity index (χ1v) is 8.43. The van der Waals surface area contributed by atoms with E-state index >= 15 is 0 Å². The first-order valence-electron chi connectivity index (χ1n) is 7.45. The van der Waals surface area contributed by atoms with Gasteiger partial charge in [-0.2, -0.15) is 5.10 Å². The zero-order chi connectivity index (χ0) is 16.5. The molecule has 24 heavy (non-hydrogen) atoms. The average Bonchev–Trinajstić information content (AvgIpc) is 3.21. The quantitative estimate of drug-likeness (QED) is 0.538. The fourth-order valence-electron chi connectivity index (χ4n) is 2.56. The highest BCUT2D eigenvalue weighted by molar-refractivity contribution is 7.99. The minimum Gasteiger partial charge on any atom is -0.391 e. The number of nitrogens with zero attached hydrogens (tertiary/aromatic N) is 5. The lowest BCUT2D eigenvalue weighted by Gasteiger charge is -2.07. The van der Waals surface area contributed by atoms with E-state index < -0.39 is 0 Å². The van der Waals surface area contributed by atoms with E-state index in [-0.39, 0.29) is 11.9 Å². The smallest absolute Gasteiger partial charge is 0.162 e. The molecule has 122 valence electrons. The van der Waals surface area contributed by atoms with Crippen molar-refractivity contribution in [2.24, 2.45) is 12.2 Å². The second kappa shape index (κ2) is 6.20. The third-order valence-electron chi connectivity index (χ3n) is 3.81. The van der Waals surface area contributed by atoms with E-state index in [1.165, 1.54) is 12.1 Å². The van der Waals surface area contributed by atoms with E-state index in [9.17, 15) is 4.39 Å². The van der Waals surface area contributed by atoms with Crippen LogP contribution in [0.15, 0.2) is 47.0 Å². The summed E-state index contributed by atoms with van der Waals surface area (Å²) < 4.78 is 14.7. The summed E-state index contributed by atoms with van der Waals surface area (Å²) in [5.41, 5.74) is 2.54. The molecule has 1 aromatic carbocycles. The van der Waals surface area contributed by atoms with Crippen molar-refractivity contribution in [3.05, 3.63) is 48.2 Å². The summed E-state index contributed by atoms with van der Waals surface area (Å²) in [5.74, 6) is 0.462. The molecule has 1 unspecified atom stereocenters. The Labute approximate surface area is 141 Å². The highest BCUT2D eigenvalue weighted by Crippen LogP contribution is 2.27. The Morgan fingerprint density at radius 2 is 2.12 bits per heavy atom. The summed E-state index contributed by atoms with van der Waals surface area (Å²) in [6.45, 7) is 0. The number of halogens is 1. The predicted octanol–water partition coefficient (Wildman–Crippen LogP) is 2.79. The molecule has 2 aromatic heterocycles. The molecule has 8 heteroatoms. The van der Waals surface area contributed by atoms with Gasteiger partial charge in [-0.3, -0.25) is 4.68 Å². The Kier molecular flexibility index (Phi) is 3.89. The van der Waals surface area contributed by atoms with E-state index in [0.29, 0.717) is 6.42 Å². The first-order chi connectivity index (χ1) is 11.7. The van der Waals surface area contributed by atoms with Gasteiger partial charge >= 0.3 is 0 Å². The average molecular weight is 343 g/mol. The van der Waals surface area contributed by atoms with E-state index in [4.69, 9.17) is 4.84 Å². The number of hydrogen-bond acceptors (Lipinski definition) is 6. The summed E-state index contributed by atoms with van der Waals surface area (Å²) in [7, 11) is 1.85. The fraction of sp³-hybridized carbons (Fsp3) is 0.250. The van der Waals surface area contributed by atoms with Gasteiger partial charge in [-0.05, 0) is 17.7 Å². The monoisotopic (exact) mass is 343 g/mol. The number of oxime groups is 1. The van der Waals surface area contributed by atoms with Crippen molar-refractivity contribution >= 4 is 28.5 Å². The van der Waals surface area contributed by atoms with Crippen molar-refractivity contribution in [2.45, 2.75) is 17.6 Å². The van der Waals surface area contributed by atoms with Crippen LogP contribution in [-0.4, -0.2) is 37.3 Å². The molecule has 0 fully saturated rings. The van der Waals surface area contributed by atoms with Crippen LogP contribution < -0.4 is 0 Å². The normalized spacial score (nSPS) is 17.1. The van der Waals surface area contributed by atoms with Crippen LogP contribution in [0.2, 0.25) is 0 Å². The molecule has 1 aliphatic heterocycles. The molecule has 3 aromatic rings. The van der Waals surface area contributed by atoms with Crippen molar-refractivity contribution in [1.82, 2.24) is 19.7 Å². The Morgan fingerprint density at radius 3 is 2.96 bits per heavy atom. The maximum atomic E-state index is 13.0. The Morgan fingerprint density at radius 1 is 1.29 bits per heavy atom. The molecule has 0 aliphatic carbocycles. The molecule has 0 N–H and O–H groups in total. The molecule has 0 bridgehead atoms. The Bertz CT molecular complexity index is 908. The maximum Gasteiger partial charge on any atom is 0.162 e. The number of thioether (sulfide) groups is 1. The number of benzene rings is 1. The van der Waals surface area contributed by atoms with Gasteiger partial charge in [0.15, 0.2) is 5.65 Å². The van der Waals surface area contributed by atoms with Gasteiger partial charge in [-0.25, -0.2) is 14.4 Å². The fourth-order valence-corrected chi connectivity index (χ4v) is 3.50. The molecule has 4 rings (SSSR count). The van der Waals surface area contributed by atoms with Crippen LogP contribution in [0.4, 0.5) is 4.39 Å². The van der Waals surface area contributed by atoms with E-state index in [1.807, 2.05) is 7.05 Å². The predicted molar refractivity (Wildman–Crippen MR) is 89.5 cm³/mol. The Balaban J connectivity index is 1.41. The lowest BCUT2D eigenvalue weighted by molar-refractivity contribution is 0.103. The van der Waals surface area contributed by atoms with Gasteiger partial charge in [0.2, 0.25) is 0 Å². The third-order valence-corrected chi connectivity index (χ3v) is 4.95. The number of hydrogen-bond donors (Lipinski definition) is 0. The second-order valence-electron chi connectivity index (χ2n) is 5.47. The van der Waals surface area contributed by atoms with Gasteiger partial charge in [0, 0.05) is 19.2 Å². The SMILES string of the molecule is Cn1ncc2c(SCC3CC(c4ccc(F)cc4)=NO3)ncnc21. The standard InChI is InChI=1S/C16H14FN5OS/c1-22-15-13(7-20-22)16(19-9-18-15)24-8-12-6-14(21-23-12)10-2-4-11(17)5-3-10/h2-5,7,9,12H,6,8H2,1H3. The molecule has 1 atom stereocenters. The van der Waals surface area contributed by atoms with Crippen LogP contribution in [0.3, 0.4) is 0 Å². The minimum absolute atomic E-state index is 0.0308. The molecular formula is C16H14FN5OS. The van der Waals surface area contributed by atoms with Gasteiger partial charge < -0.3 is 4.84 Å². The van der Waals surface area contributed by atoms with E-state index in [1.54, 1.807) is 41.1 Å². The van der Waals surface area contributed by atoms with Crippen LogP contribution in [0, 0.1) is 5.82 Å². The molecule has 1 aliphatic rings. The molecular weight excluding hydrogens is 329 g/mol. The number of fused-ring (bicyclic) bond motifs is 1. The zero-order valence-electron chi connectivity index (χ0n) is 12.9. The highest BCUT2D eigenvalue weighted by Gasteiger charge is 2.23. The van der Waals surface area contributed by atoms with Crippen LogP contribution >= 0.6 is 11.8 Å². The molecule has 0 amide bonds. The lowest BCUT2D eigenvalue weighted by atomic mass is 10.1. The van der Waals surface area contributed by atoms with Gasteiger partial charge in [0.25, 0.3) is 0 Å². The summed E-state index contributed by atoms with van der Waals surface area (Å²) >= 11 is 1.60. The Hall–Kier alpha value is -2.48. The van der Waals surface area contributed by atoms with E-state index in [2.05, 4.69) is 20.2 Å². The highest BCUT2D eigenvalue weighted by atomic mass is 32.2. The van der Waals surface area contributed by atoms with Crippen molar-refractivity contribution in [1.29, 1.82) is 0 Å². The van der Waals surface area contributed by atoms with Crippen LogP contribution in [-0.2, 0) is 11.9 Å². The molecule has 6 nitrogen and oxygen atoms in total. The van der Waals surface area contributed by atoms with Gasteiger partial charge in [-0.1, -0.05) is 17.3 Å². The first kappa shape index (κ1) is 15.1. The molecule has 0 saturated heterocycles. The zero-order valence-corrected chi connectivity index (χ0v) is 13.7. The molecule has 0 spiro atoms. The summed E-state index contributed by atoms with van der Waals surface area (Å²) in [6.07, 6.45) is 3.98. The molecule has 0 radical (unpaired) electrons. The maximum absolute atomic E-state index is 13.0. The van der Waals surface area contributed by atoms with Gasteiger partial charge in [0.05, 0.1) is 17.3 Å². The largest absolute Gasteiger partial charge is 0.391 e. The molecule has 0 saturated carbocycles. The second-order valence-corrected chi connectivity index (χ2v) is 6.48. The lowest BCUT2D eigenvalue weighted by Crippen LogP contribution is -2.11. The van der Waals surface area contributed by atoms with Gasteiger partial charge in [0.1, 0.15) is 23.3 Å². The third kappa shape index (κ3) is 2.84. The van der Waals surface area contributed by atoms with Gasteiger partial charge in [-0.15, -0.1) is 11.8 Å². The van der Waals surface area contributed by atoms with Crippen LogP contribution in [0.1, 0.15) is 12.0 Å². The molecule has 3 heterocycles. The van der Waals surface area contributed by atoms with Crippen molar-refractivity contribution in [3.8, 4) is 0 Å². The summed E-state index contributed by atoms with van der Waals surface area (Å²) in [4.78, 5) is 14.1. The summed E-state index contributed by atoms with van der Waals surface area (Å²) in [5, 5.41) is 10.2. The van der Waals surface area contributed by atoms with Crippen molar-refractivity contribution < 1.29 is 9.23 Å².